The van der Waals surface area contributed by atoms with Crippen molar-refractivity contribution >= 4 is 17.5 Å². The lowest BCUT2D eigenvalue weighted by molar-refractivity contribution is -0.118. The van der Waals surface area contributed by atoms with Crippen molar-refractivity contribution in [3.05, 3.63) is 51.9 Å². The number of benzene rings is 1. The Balaban J connectivity index is 1.72. The second kappa shape index (κ2) is 7.62. The first-order valence-corrected chi connectivity index (χ1v) is 9.23. The van der Waals surface area contributed by atoms with Gasteiger partial charge in [-0.05, 0) is 26.0 Å². The van der Waals surface area contributed by atoms with E-state index < -0.39 is 11.5 Å². The van der Waals surface area contributed by atoms with Crippen LogP contribution in [0.4, 0.5) is 5.69 Å². The van der Waals surface area contributed by atoms with Crippen LogP contribution in [0, 0.1) is 0 Å². The van der Waals surface area contributed by atoms with Gasteiger partial charge in [0, 0.05) is 39.3 Å². The van der Waals surface area contributed by atoms with Gasteiger partial charge in [-0.2, -0.15) is 0 Å². The molecule has 0 atom stereocenters. The summed E-state index contributed by atoms with van der Waals surface area (Å²) in [6.07, 6.45) is 2.19. The summed E-state index contributed by atoms with van der Waals surface area (Å²) in [5.41, 5.74) is 0.598. The Morgan fingerprint density at radius 2 is 2.03 bits per heavy atom. The molecule has 3 rings (SSSR count). The lowest BCUT2D eigenvalue weighted by Gasteiger charge is -2.18. The molecule has 0 bridgehead atoms. The van der Waals surface area contributed by atoms with Gasteiger partial charge in [0.25, 0.3) is 17.4 Å². The van der Waals surface area contributed by atoms with Crippen LogP contribution in [0.1, 0.15) is 29.8 Å². The van der Waals surface area contributed by atoms with Gasteiger partial charge in [0.15, 0.2) is 18.1 Å². The number of hydrogen-bond acceptors (Lipinski definition) is 5. The summed E-state index contributed by atoms with van der Waals surface area (Å²) >= 11 is 0. The molecule has 0 saturated carbocycles. The number of pyridine rings is 1. The van der Waals surface area contributed by atoms with Crippen molar-refractivity contribution in [1.29, 1.82) is 0 Å². The fourth-order valence-electron chi connectivity index (χ4n) is 3.21. The lowest BCUT2D eigenvalue weighted by Crippen LogP contribution is -2.30. The Morgan fingerprint density at radius 1 is 1.31 bits per heavy atom. The highest BCUT2D eigenvalue weighted by Crippen LogP contribution is 2.41. The Kier molecular flexibility index (Phi) is 5.37. The quantitative estimate of drug-likeness (QED) is 0.828. The number of aryl methyl sites for hydroxylation is 1. The normalized spacial score (nSPS) is 14.0. The third-order valence-corrected chi connectivity index (χ3v) is 4.52. The average molecular weight is 399 g/mol. The monoisotopic (exact) mass is 399 g/mol. The van der Waals surface area contributed by atoms with E-state index in [1.54, 1.807) is 20.2 Å². The first-order valence-electron chi connectivity index (χ1n) is 9.23. The standard InChI is InChI=1S/C21H25N3O5/c1-21(2)10-13-7-6-8-16(18(13)29-21)28-12-17(25)22-15-9-14(19(26)23(3)4)11-24(5)20(15)27/h6-9,11H,10,12H2,1-5H3,(H,22,25). The van der Waals surface area contributed by atoms with Gasteiger partial charge in [0.05, 0.1) is 5.56 Å². The number of carbonyl (C=O) groups excluding carboxylic acids is 2. The number of nitrogens with one attached hydrogen (secondary N) is 1. The predicted octanol–water partition coefficient (Wildman–Crippen LogP) is 1.82. The molecule has 1 aromatic carbocycles. The third kappa shape index (κ3) is 4.42. The summed E-state index contributed by atoms with van der Waals surface area (Å²) in [6.45, 7) is 3.68. The zero-order valence-electron chi connectivity index (χ0n) is 17.2. The minimum absolute atomic E-state index is 0.0180. The Bertz CT molecular complexity index is 1020. The summed E-state index contributed by atoms with van der Waals surface area (Å²) in [7, 11) is 4.75. The van der Waals surface area contributed by atoms with E-state index in [0.29, 0.717) is 17.1 Å². The van der Waals surface area contributed by atoms with E-state index in [0.717, 1.165) is 12.0 Å². The minimum Gasteiger partial charge on any atom is -0.483 e. The number of fused-ring (bicyclic) bond motifs is 1. The Morgan fingerprint density at radius 3 is 2.72 bits per heavy atom. The first-order chi connectivity index (χ1) is 13.6. The number of amides is 2. The van der Waals surface area contributed by atoms with Crippen LogP contribution in [0.25, 0.3) is 0 Å². The fourth-order valence-corrected chi connectivity index (χ4v) is 3.21. The van der Waals surface area contributed by atoms with Crippen molar-refractivity contribution in [2.45, 2.75) is 25.9 Å². The molecule has 29 heavy (non-hydrogen) atoms. The maximum atomic E-state index is 12.4. The Hall–Kier alpha value is -3.29. The minimum atomic E-state index is -0.508. The van der Waals surface area contributed by atoms with Gasteiger partial charge in [-0.25, -0.2) is 0 Å². The molecule has 0 unspecified atom stereocenters. The van der Waals surface area contributed by atoms with Crippen LogP contribution in [0.3, 0.4) is 0 Å². The largest absolute Gasteiger partial charge is 0.483 e. The van der Waals surface area contributed by atoms with Gasteiger partial charge in [-0.3, -0.25) is 14.4 Å². The molecule has 1 N–H and O–H groups in total. The molecule has 0 saturated heterocycles. The van der Waals surface area contributed by atoms with Crippen LogP contribution < -0.4 is 20.3 Å². The molecule has 2 aromatic rings. The van der Waals surface area contributed by atoms with Crippen LogP contribution in [0.15, 0.2) is 35.3 Å². The summed E-state index contributed by atoms with van der Waals surface area (Å²) in [6, 6.07) is 6.92. The predicted molar refractivity (Wildman–Crippen MR) is 109 cm³/mol. The van der Waals surface area contributed by atoms with Crippen LogP contribution >= 0.6 is 0 Å². The molecule has 0 fully saturated rings. The summed E-state index contributed by atoms with van der Waals surface area (Å²) < 4.78 is 12.8. The highest BCUT2D eigenvalue weighted by molar-refractivity contribution is 5.96. The molecule has 8 heteroatoms. The molecule has 8 nitrogen and oxygen atoms in total. The first kappa shape index (κ1) is 20.4. The summed E-state index contributed by atoms with van der Waals surface area (Å²) in [5.74, 6) is 0.339. The molecule has 0 radical (unpaired) electrons. The number of nitrogens with zero attached hydrogens (tertiary/aromatic N) is 2. The molecule has 2 amide bonds. The van der Waals surface area contributed by atoms with Crippen molar-refractivity contribution in [1.82, 2.24) is 9.47 Å². The van der Waals surface area contributed by atoms with E-state index in [-0.39, 0.29) is 23.8 Å². The van der Waals surface area contributed by atoms with E-state index in [1.807, 2.05) is 26.0 Å². The molecule has 0 spiro atoms. The molecule has 2 heterocycles. The van der Waals surface area contributed by atoms with Gasteiger partial charge in [-0.15, -0.1) is 0 Å². The fraction of sp³-hybridized carbons (Fsp3) is 0.381. The van der Waals surface area contributed by atoms with Gasteiger partial charge in [0.1, 0.15) is 11.3 Å². The SMILES string of the molecule is CN(C)C(=O)c1cc(NC(=O)COc2cccc3c2OC(C)(C)C3)c(=O)n(C)c1. The maximum absolute atomic E-state index is 12.4. The average Bonchev–Trinajstić information content (AvgIpc) is 2.97. The van der Waals surface area contributed by atoms with Crippen LogP contribution in [0.5, 0.6) is 11.5 Å². The molecule has 1 aromatic heterocycles. The van der Waals surface area contributed by atoms with Crippen LogP contribution in [0.2, 0.25) is 0 Å². The zero-order valence-corrected chi connectivity index (χ0v) is 17.2. The number of aromatic nitrogens is 1. The smallest absolute Gasteiger partial charge is 0.274 e. The van der Waals surface area contributed by atoms with Crippen molar-refractivity contribution in [2.24, 2.45) is 7.05 Å². The number of anilines is 1. The van der Waals surface area contributed by atoms with E-state index in [2.05, 4.69) is 5.32 Å². The van der Waals surface area contributed by atoms with Crippen molar-refractivity contribution in [3.63, 3.8) is 0 Å². The van der Waals surface area contributed by atoms with Crippen LogP contribution in [-0.4, -0.2) is 47.6 Å². The van der Waals surface area contributed by atoms with E-state index in [4.69, 9.17) is 9.47 Å². The number of para-hydroxylation sites is 1. The zero-order chi connectivity index (χ0) is 21.3. The van der Waals surface area contributed by atoms with Crippen molar-refractivity contribution in [2.75, 3.05) is 26.0 Å². The molecule has 154 valence electrons. The second-order valence-corrected chi connectivity index (χ2v) is 7.88. The highest BCUT2D eigenvalue weighted by atomic mass is 16.5. The van der Waals surface area contributed by atoms with Crippen molar-refractivity contribution < 1.29 is 19.1 Å². The highest BCUT2D eigenvalue weighted by Gasteiger charge is 2.32. The summed E-state index contributed by atoms with van der Waals surface area (Å²) in [4.78, 5) is 38.3. The topological polar surface area (TPSA) is 89.9 Å². The van der Waals surface area contributed by atoms with Gasteiger partial charge < -0.3 is 24.3 Å². The van der Waals surface area contributed by atoms with E-state index >= 15 is 0 Å². The Labute approximate surface area is 169 Å². The van der Waals surface area contributed by atoms with Crippen molar-refractivity contribution in [3.8, 4) is 11.5 Å². The maximum Gasteiger partial charge on any atom is 0.274 e. The summed E-state index contributed by atoms with van der Waals surface area (Å²) in [5, 5.41) is 2.53. The number of rotatable bonds is 5. The van der Waals surface area contributed by atoms with Gasteiger partial charge in [0.2, 0.25) is 0 Å². The second-order valence-electron chi connectivity index (χ2n) is 7.88. The van der Waals surface area contributed by atoms with Gasteiger partial charge in [-0.1, -0.05) is 12.1 Å². The third-order valence-electron chi connectivity index (χ3n) is 4.52. The lowest BCUT2D eigenvalue weighted by atomic mass is 10.0. The number of carbonyl (C=O) groups is 2. The molecule has 1 aliphatic heterocycles. The number of ether oxygens (including phenoxy) is 2. The molecular formula is C21H25N3O5. The number of hydrogen-bond donors (Lipinski definition) is 1. The molecule has 0 aliphatic carbocycles. The van der Waals surface area contributed by atoms with Crippen LogP contribution in [-0.2, 0) is 18.3 Å². The van der Waals surface area contributed by atoms with E-state index in [9.17, 15) is 14.4 Å². The van der Waals surface area contributed by atoms with Gasteiger partial charge >= 0.3 is 0 Å². The van der Waals surface area contributed by atoms with E-state index in [1.165, 1.54) is 28.8 Å². The molecule has 1 aliphatic rings. The molecular weight excluding hydrogens is 374 g/mol.